The first-order valence-electron chi connectivity index (χ1n) is 4.89. The van der Waals surface area contributed by atoms with Crippen molar-refractivity contribution >= 4 is 6.08 Å². The number of rotatable bonds is 0. The molecule has 74 valence electrons. The quantitative estimate of drug-likeness (QED) is 0.694. The van der Waals surface area contributed by atoms with E-state index < -0.39 is 0 Å². The average Bonchev–Trinajstić information content (AvgIpc) is 2.26. The third-order valence-corrected chi connectivity index (χ3v) is 2.58. The molecular formula is C13H10O2. The van der Waals surface area contributed by atoms with Crippen LogP contribution in [0.15, 0.2) is 48.1 Å². The van der Waals surface area contributed by atoms with Crippen LogP contribution in [0.25, 0.3) is 6.08 Å². The first-order chi connectivity index (χ1) is 7.33. The van der Waals surface area contributed by atoms with E-state index in [1.165, 1.54) is 0 Å². The highest BCUT2D eigenvalue weighted by Gasteiger charge is 2.19. The minimum atomic E-state index is 0.0204. The molecule has 0 radical (unpaired) electrons. The highest BCUT2D eigenvalue weighted by molar-refractivity contribution is 5.68. The zero-order valence-electron chi connectivity index (χ0n) is 8.05. The van der Waals surface area contributed by atoms with Crippen LogP contribution in [0.1, 0.15) is 5.56 Å². The van der Waals surface area contributed by atoms with E-state index in [0.29, 0.717) is 0 Å². The molecule has 3 rings (SSSR count). The van der Waals surface area contributed by atoms with E-state index in [1.54, 1.807) is 18.2 Å². The van der Waals surface area contributed by atoms with Gasteiger partial charge in [-0.25, -0.2) is 0 Å². The molecule has 0 saturated heterocycles. The molecule has 0 fully saturated rings. The van der Waals surface area contributed by atoms with Gasteiger partial charge in [0.1, 0.15) is 17.6 Å². The molecule has 0 amide bonds. The number of aromatic hydroxyl groups is 1. The van der Waals surface area contributed by atoms with E-state index in [9.17, 15) is 5.11 Å². The van der Waals surface area contributed by atoms with Crippen molar-refractivity contribution in [3.8, 4) is 11.5 Å². The number of fused-ring (bicyclic) bond motifs is 2. The van der Waals surface area contributed by atoms with E-state index in [2.05, 4.69) is 0 Å². The van der Waals surface area contributed by atoms with Gasteiger partial charge in [-0.15, -0.1) is 0 Å². The van der Waals surface area contributed by atoms with Crippen molar-refractivity contribution in [2.75, 3.05) is 0 Å². The first kappa shape index (κ1) is 8.36. The maximum Gasteiger partial charge on any atom is 0.142 e. The van der Waals surface area contributed by atoms with Gasteiger partial charge >= 0.3 is 0 Å². The van der Waals surface area contributed by atoms with Crippen molar-refractivity contribution in [2.45, 2.75) is 6.10 Å². The molecule has 1 atom stereocenters. The van der Waals surface area contributed by atoms with Crippen LogP contribution in [-0.2, 0) is 0 Å². The van der Waals surface area contributed by atoms with Gasteiger partial charge in [0.25, 0.3) is 0 Å². The predicted octanol–water partition coefficient (Wildman–Crippen LogP) is 2.66. The van der Waals surface area contributed by atoms with Crippen LogP contribution in [0.2, 0.25) is 0 Å². The van der Waals surface area contributed by atoms with Crippen molar-refractivity contribution in [3.05, 3.63) is 53.6 Å². The third kappa shape index (κ3) is 1.34. The van der Waals surface area contributed by atoms with Crippen LogP contribution >= 0.6 is 0 Å². The Balaban J connectivity index is 2.12. The zero-order valence-corrected chi connectivity index (χ0v) is 8.05. The molecule has 1 aliphatic carbocycles. The smallest absolute Gasteiger partial charge is 0.142 e. The second-order valence-electron chi connectivity index (χ2n) is 3.65. The Labute approximate surface area is 87.8 Å². The SMILES string of the molecule is Oc1ccc2c(c1)C=C1C=CC=CC1O2. The number of phenols is 1. The minimum Gasteiger partial charge on any atom is -0.508 e. The second-order valence-corrected chi connectivity index (χ2v) is 3.65. The minimum absolute atomic E-state index is 0.0204. The van der Waals surface area contributed by atoms with Gasteiger partial charge < -0.3 is 9.84 Å². The summed E-state index contributed by atoms with van der Waals surface area (Å²) in [6, 6.07) is 5.15. The van der Waals surface area contributed by atoms with Gasteiger partial charge in [-0.3, -0.25) is 0 Å². The topological polar surface area (TPSA) is 29.5 Å². The Morgan fingerprint density at radius 1 is 1.20 bits per heavy atom. The molecule has 2 aliphatic rings. The van der Waals surface area contributed by atoms with Crippen LogP contribution in [-0.4, -0.2) is 11.2 Å². The van der Waals surface area contributed by atoms with Gasteiger partial charge in [0.2, 0.25) is 0 Å². The summed E-state index contributed by atoms with van der Waals surface area (Å²) in [6.45, 7) is 0. The average molecular weight is 198 g/mol. The van der Waals surface area contributed by atoms with Gasteiger partial charge in [0, 0.05) is 5.56 Å². The molecule has 0 aromatic heterocycles. The van der Waals surface area contributed by atoms with Gasteiger partial charge in [-0.1, -0.05) is 18.2 Å². The van der Waals surface area contributed by atoms with Crippen LogP contribution < -0.4 is 4.74 Å². The normalized spacial score (nSPS) is 21.3. The lowest BCUT2D eigenvalue weighted by Crippen LogP contribution is -2.20. The van der Waals surface area contributed by atoms with Crippen molar-refractivity contribution in [2.24, 2.45) is 0 Å². The largest absolute Gasteiger partial charge is 0.508 e. The lowest BCUT2D eigenvalue weighted by Gasteiger charge is -2.25. The van der Waals surface area contributed by atoms with Crippen LogP contribution in [0, 0.1) is 0 Å². The van der Waals surface area contributed by atoms with Crippen LogP contribution in [0.4, 0.5) is 0 Å². The summed E-state index contributed by atoms with van der Waals surface area (Å²) in [5, 5.41) is 9.37. The van der Waals surface area contributed by atoms with Gasteiger partial charge in [0.05, 0.1) is 0 Å². The van der Waals surface area contributed by atoms with E-state index in [1.807, 2.05) is 30.4 Å². The number of allylic oxidation sites excluding steroid dienone is 2. The molecule has 1 N–H and O–H groups in total. The summed E-state index contributed by atoms with van der Waals surface area (Å²) >= 11 is 0. The van der Waals surface area contributed by atoms with Crippen molar-refractivity contribution in [1.29, 1.82) is 0 Å². The Bertz CT molecular complexity index is 495. The lowest BCUT2D eigenvalue weighted by molar-refractivity contribution is 0.282. The fourth-order valence-electron chi connectivity index (χ4n) is 1.85. The van der Waals surface area contributed by atoms with E-state index in [0.717, 1.165) is 16.9 Å². The Morgan fingerprint density at radius 3 is 3.07 bits per heavy atom. The molecule has 0 spiro atoms. The van der Waals surface area contributed by atoms with Gasteiger partial charge in [0.15, 0.2) is 0 Å². The summed E-state index contributed by atoms with van der Waals surface area (Å²) in [4.78, 5) is 0. The van der Waals surface area contributed by atoms with Crippen molar-refractivity contribution < 1.29 is 9.84 Å². The monoisotopic (exact) mass is 198 g/mol. The van der Waals surface area contributed by atoms with Crippen molar-refractivity contribution in [1.82, 2.24) is 0 Å². The fourth-order valence-corrected chi connectivity index (χ4v) is 1.85. The Kier molecular flexibility index (Phi) is 1.68. The molecule has 1 aliphatic heterocycles. The molecule has 1 aromatic rings. The Morgan fingerprint density at radius 2 is 2.13 bits per heavy atom. The molecular weight excluding hydrogens is 188 g/mol. The summed E-state index contributed by atoms with van der Waals surface area (Å²) in [5.41, 5.74) is 2.05. The van der Waals surface area contributed by atoms with E-state index in [4.69, 9.17) is 4.74 Å². The maximum absolute atomic E-state index is 9.37. The van der Waals surface area contributed by atoms with E-state index >= 15 is 0 Å². The molecule has 2 nitrogen and oxygen atoms in total. The molecule has 15 heavy (non-hydrogen) atoms. The molecule has 0 saturated carbocycles. The number of hydrogen-bond donors (Lipinski definition) is 1. The van der Waals surface area contributed by atoms with Crippen LogP contribution in [0.5, 0.6) is 11.5 Å². The summed E-state index contributed by atoms with van der Waals surface area (Å²) in [6.07, 6.45) is 10.1. The summed E-state index contributed by atoms with van der Waals surface area (Å²) < 4.78 is 5.77. The predicted molar refractivity (Wildman–Crippen MR) is 58.8 cm³/mol. The number of benzene rings is 1. The third-order valence-electron chi connectivity index (χ3n) is 2.58. The van der Waals surface area contributed by atoms with Crippen LogP contribution in [0.3, 0.4) is 0 Å². The maximum atomic E-state index is 9.37. The highest BCUT2D eigenvalue weighted by atomic mass is 16.5. The Hall–Kier alpha value is -1.96. The lowest BCUT2D eigenvalue weighted by atomic mass is 9.98. The molecule has 1 aromatic carbocycles. The van der Waals surface area contributed by atoms with Crippen molar-refractivity contribution in [3.63, 3.8) is 0 Å². The molecule has 2 heteroatoms. The molecule has 1 heterocycles. The highest BCUT2D eigenvalue weighted by Crippen LogP contribution is 2.33. The summed E-state index contributed by atoms with van der Waals surface area (Å²) in [7, 11) is 0. The molecule has 1 unspecified atom stereocenters. The number of phenolic OH excluding ortho intramolecular Hbond substituents is 1. The first-order valence-corrected chi connectivity index (χ1v) is 4.89. The molecule has 0 bridgehead atoms. The zero-order chi connectivity index (χ0) is 10.3. The van der Waals surface area contributed by atoms with Gasteiger partial charge in [-0.2, -0.15) is 0 Å². The fraction of sp³-hybridized carbons (Fsp3) is 0.0769. The summed E-state index contributed by atoms with van der Waals surface area (Å²) in [5.74, 6) is 1.09. The number of ether oxygens (including phenoxy) is 1. The van der Waals surface area contributed by atoms with Gasteiger partial charge in [-0.05, 0) is 35.9 Å². The standard InChI is InChI=1S/C13H10O2/c14-11-5-6-13-10(8-11)7-9-3-1-2-4-12(9)15-13/h1-8,12,14H. The van der Waals surface area contributed by atoms with E-state index in [-0.39, 0.29) is 11.9 Å². The second kappa shape index (κ2) is 3.02. The number of hydrogen-bond acceptors (Lipinski definition) is 2.